The fourth-order valence-corrected chi connectivity index (χ4v) is 4.01. The number of ether oxygens (including phenoxy) is 1. The van der Waals surface area contributed by atoms with Crippen LogP contribution in [-0.4, -0.2) is 35.9 Å². The second kappa shape index (κ2) is 7.53. The molecule has 4 rings (SSSR count). The quantitative estimate of drug-likeness (QED) is 0.680. The third kappa shape index (κ3) is 3.60. The molecule has 4 nitrogen and oxygen atoms in total. The van der Waals surface area contributed by atoms with Crippen molar-refractivity contribution in [1.29, 1.82) is 0 Å². The summed E-state index contributed by atoms with van der Waals surface area (Å²) in [5.74, 6) is -0.143. The molecule has 0 aliphatic carbocycles. The van der Waals surface area contributed by atoms with Crippen molar-refractivity contribution in [2.24, 2.45) is 5.92 Å². The first-order valence-corrected chi connectivity index (χ1v) is 9.31. The lowest BCUT2D eigenvalue weighted by molar-refractivity contribution is 0.0808. The third-order valence-corrected chi connectivity index (χ3v) is 5.37. The minimum absolute atomic E-state index is 0.0324. The van der Waals surface area contributed by atoms with Crippen LogP contribution in [0.3, 0.4) is 0 Å². The van der Waals surface area contributed by atoms with Gasteiger partial charge in [-0.05, 0) is 49.2 Å². The molecule has 3 aromatic rings. The highest BCUT2D eigenvalue weighted by atomic mass is 19.1. The van der Waals surface area contributed by atoms with Crippen LogP contribution in [-0.2, 0) is 6.54 Å². The van der Waals surface area contributed by atoms with Gasteiger partial charge in [0.25, 0.3) is 0 Å². The van der Waals surface area contributed by atoms with Gasteiger partial charge >= 0.3 is 0 Å². The van der Waals surface area contributed by atoms with E-state index in [0.29, 0.717) is 17.9 Å². The number of fused-ring (bicyclic) bond motifs is 1. The van der Waals surface area contributed by atoms with Gasteiger partial charge in [0, 0.05) is 36.1 Å². The van der Waals surface area contributed by atoms with Gasteiger partial charge < -0.3 is 9.72 Å². The monoisotopic (exact) mass is 366 g/mol. The number of aromatic nitrogens is 1. The number of piperidine rings is 1. The van der Waals surface area contributed by atoms with Gasteiger partial charge in [-0.25, -0.2) is 4.39 Å². The van der Waals surface area contributed by atoms with Crippen LogP contribution < -0.4 is 4.74 Å². The van der Waals surface area contributed by atoms with Crippen LogP contribution in [0.15, 0.2) is 48.7 Å². The van der Waals surface area contributed by atoms with Gasteiger partial charge in [-0.3, -0.25) is 9.69 Å². The van der Waals surface area contributed by atoms with E-state index in [-0.39, 0.29) is 11.7 Å². The van der Waals surface area contributed by atoms with E-state index in [1.165, 1.54) is 36.3 Å². The maximum atomic E-state index is 13.7. The van der Waals surface area contributed by atoms with Crippen molar-refractivity contribution in [1.82, 2.24) is 9.88 Å². The van der Waals surface area contributed by atoms with Gasteiger partial charge in [0.15, 0.2) is 5.78 Å². The number of nitrogens with one attached hydrogen (secondary N) is 1. The molecule has 0 amide bonds. The second-order valence-corrected chi connectivity index (χ2v) is 7.14. The molecule has 1 N–H and O–H groups in total. The Kier molecular flexibility index (Phi) is 4.94. The molecule has 1 saturated heterocycles. The summed E-state index contributed by atoms with van der Waals surface area (Å²) in [5.41, 5.74) is 2.71. The van der Waals surface area contributed by atoms with Gasteiger partial charge in [0.05, 0.1) is 12.7 Å². The lowest BCUT2D eigenvalue weighted by Gasteiger charge is -2.32. The number of H-pyrrole nitrogens is 1. The number of methoxy groups -OCH3 is 1. The van der Waals surface area contributed by atoms with Crippen LogP contribution in [0.25, 0.3) is 10.9 Å². The number of Topliss-reactive ketones (excluding diaryl/α,β-unsaturated/α-hetero) is 1. The Morgan fingerprint density at radius 1 is 1.30 bits per heavy atom. The zero-order chi connectivity index (χ0) is 18.8. The number of hydrogen-bond donors (Lipinski definition) is 1. The zero-order valence-electron chi connectivity index (χ0n) is 15.4. The second-order valence-electron chi connectivity index (χ2n) is 7.14. The number of rotatable bonds is 5. The van der Waals surface area contributed by atoms with Crippen LogP contribution >= 0.6 is 0 Å². The Morgan fingerprint density at radius 3 is 3.00 bits per heavy atom. The maximum Gasteiger partial charge on any atom is 0.171 e. The third-order valence-electron chi connectivity index (χ3n) is 5.37. The Morgan fingerprint density at radius 2 is 2.15 bits per heavy atom. The van der Waals surface area contributed by atoms with E-state index >= 15 is 0 Å². The lowest BCUT2D eigenvalue weighted by Crippen LogP contribution is -2.38. The molecule has 140 valence electrons. The standard InChI is InChI=1S/C22H23FN2O2/c1-27-21-9-8-17(23)11-19(21)22(26)15-5-4-10-25(13-15)14-16-12-24-20-7-3-2-6-18(16)20/h2-3,6-9,11-12,15,24H,4-5,10,13-14H2,1H3/t15-/m1/s1. The Labute approximate surface area is 157 Å². The van der Waals surface area contributed by atoms with Crippen molar-refractivity contribution < 1.29 is 13.9 Å². The summed E-state index contributed by atoms with van der Waals surface area (Å²) in [4.78, 5) is 18.6. The van der Waals surface area contributed by atoms with E-state index in [9.17, 15) is 9.18 Å². The van der Waals surface area contributed by atoms with Crippen LogP contribution in [0.4, 0.5) is 4.39 Å². The fraction of sp³-hybridized carbons (Fsp3) is 0.318. The van der Waals surface area contributed by atoms with Crippen molar-refractivity contribution in [3.8, 4) is 5.75 Å². The van der Waals surface area contributed by atoms with Crippen LogP contribution in [0.2, 0.25) is 0 Å². The van der Waals surface area contributed by atoms with Gasteiger partial charge in [-0.15, -0.1) is 0 Å². The number of likely N-dealkylation sites (tertiary alicyclic amines) is 1. The van der Waals surface area contributed by atoms with Gasteiger partial charge in [-0.2, -0.15) is 0 Å². The summed E-state index contributed by atoms with van der Waals surface area (Å²) in [5, 5.41) is 1.22. The van der Waals surface area contributed by atoms with Gasteiger partial charge in [0.2, 0.25) is 0 Å². The molecule has 1 aromatic heterocycles. The molecule has 0 spiro atoms. The summed E-state index contributed by atoms with van der Waals surface area (Å²) < 4.78 is 18.9. The first-order valence-electron chi connectivity index (χ1n) is 9.31. The number of para-hydroxylation sites is 1. The predicted octanol–water partition coefficient (Wildman–Crippen LogP) is 4.41. The van der Waals surface area contributed by atoms with Crippen molar-refractivity contribution >= 4 is 16.7 Å². The number of benzene rings is 2. The Bertz CT molecular complexity index is 966. The minimum Gasteiger partial charge on any atom is -0.496 e. The Balaban J connectivity index is 1.51. The number of nitrogens with zero attached hydrogens (tertiary/aromatic N) is 1. The average molecular weight is 366 g/mol. The largest absolute Gasteiger partial charge is 0.496 e. The summed E-state index contributed by atoms with van der Waals surface area (Å²) in [6.45, 7) is 2.44. The molecule has 0 bridgehead atoms. The number of aromatic amines is 1. The smallest absolute Gasteiger partial charge is 0.171 e. The normalized spacial score (nSPS) is 17.9. The SMILES string of the molecule is COc1ccc(F)cc1C(=O)[C@@H]1CCCN(Cc2c[nH]c3ccccc23)C1. The van der Waals surface area contributed by atoms with Crippen LogP contribution in [0.5, 0.6) is 5.75 Å². The van der Waals surface area contributed by atoms with Crippen molar-refractivity contribution in [3.63, 3.8) is 0 Å². The van der Waals surface area contributed by atoms with Crippen molar-refractivity contribution in [2.45, 2.75) is 19.4 Å². The summed E-state index contributed by atoms with van der Waals surface area (Å²) in [6, 6.07) is 12.4. The average Bonchev–Trinajstić information content (AvgIpc) is 3.10. The number of halogens is 1. The minimum atomic E-state index is -0.411. The molecule has 5 heteroatoms. The fourth-order valence-electron chi connectivity index (χ4n) is 4.01. The van der Waals surface area contributed by atoms with Gasteiger partial charge in [-0.1, -0.05) is 18.2 Å². The summed E-state index contributed by atoms with van der Waals surface area (Å²) in [6.07, 6.45) is 3.82. The number of ketones is 1. The first kappa shape index (κ1) is 17.7. The lowest BCUT2D eigenvalue weighted by atomic mass is 9.89. The summed E-state index contributed by atoms with van der Waals surface area (Å²) in [7, 11) is 1.51. The molecule has 1 atom stereocenters. The molecular weight excluding hydrogens is 343 g/mol. The van der Waals surface area contributed by atoms with E-state index in [1.54, 1.807) is 0 Å². The molecule has 0 radical (unpaired) electrons. The first-order chi connectivity index (χ1) is 13.2. The predicted molar refractivity (Wildman–Crippen MR) is 104 cm³/mol. The highest BCUT2D eigenvalue weighted by Gasteiger charge is 2.29. The van der Waals surface area contributed by atoms with Gasteiger partial charge in [0.1, 0.15) is 11.6 Å². The van der Waals surface area contributed by atoms with Crippen molar-refractivity contribution in [2.75, 3.05) is 20.2 Å². The maximum absolute atomic E-state index is 13.7. The van der Waals surface area contributed by atoms with Crippen LogP contribution in [0, 0.1) is 11.7 Å². The van der Waals surface area contributed by atoms with E-state index in [0.717, 1.165) is 31.4 Å². The number of carbonyl (C=O) groups excluding carboxylic acids is 1. The summed E-state index contributed by atoms with van der Waals surface area (Å²) >= 11 is 0. The molecule has 0 saturated carbocycles. The molecule has 1 fully saturated rings. The van der Waals surface area contributed by atoms with Crippen molar-refractivity contribution in [3.05, 3.63) is 65.6 Å². The highest BCUT2D eigenvalue weighted by molar-refractivity contribution is 6.00. The zero-order valence-corrected chi connectivity index (χ0v) is 15.4. The molecule has 2 heterocycles. The molecular formula is C22H23FN2O2. The number of carbonyl (C=O) groups is 1. The highest BCUT2D eigenvalue weighted by Crippen LogP contribution is 2.28. The Hall–Kier alpha value is -2.66. The molecule has 27 heavy (non-hydrogen) atoms. The topological polar surface area (TPSA) is 45.3 Å². The molecule has 0 unspecified atom stereocenters. The van der Waals surface area contributed by atoms with E-state index in [2.05, 4.69) is 22.0 Å². The van der Waals surface area contributed by atoms with E-state index < -0.39 is 5.82 Å². The van der Waals surface area contributed by atoms with E-state index in [1.807, 2.05) is 18.3 Å². The molecule has 1 aliphatic rings. The molecule has 2 aromatic carbocycles. The number of hydrogen-bond acceptors (Lipinski definition) is 3. The van der Waals surface area contributed by atoms with E-state index in [4.69, 9.17) is 4.74 Å². The van der Waals surface area contributed by atoms with Crippen LogP contribution in [0.1, 0.15) is 28.8 Å². The molecule has 1 aliphatic heterocycles.